The van der Waals surface area contributed by atoms with Crippen LogP contribution in [0.15, 0.2) is 54.6 Å². The van der Waals surface area contributed by atoms with Crippen LogP contribution in [0.5, 0.6) is 5.75 Å². The van der Waals surface area contributed by atoms with Gasteiger partial charge in [0.15, 0.2) is 0 Å². The van der Waals surface area contributed by atoms with Gasteiger partial charge >= 0.3 is 6.16 Å². The topological polar surface area (TPSA) is 35.5 Å². The van der Waals surface area contributed by atoms with Crippen molar-refractivity contribution in [1.29, 1.82) is 0 Å². The number of unbranched alkanes of at least 4 members (excludes halogenated alkanes) is 5. The monoisotopic (exact) mass is 448 g/mol. The van der Waals surface area contributed by atoms with Gasteiger partial charge in [-0.2, -0.15) is 0 Å². The highest BCUT2D eigenvalue weighted by molar-refractivity contribution is 5.71. The molecule has 2 aromatic carbocycles. The maximum Gasteiger partial charge on any atom is 0.513 e. The van der Waals surface area contributed by atoms with Crippen molar-refractivity contribution in [2.24, 2.45) is 5.92 Å². The minimum atomic E-state index is -0.639. The summed E-state index contributed by atoms with van der Waals surface area (Å²) in [5.41, 5.74) is 5.11. The largest absolute Gasteiger partial charge is 0.513 e. The molecule has 0 radical (unpaired) electrons. The maximum absolute atomic E-state index is 11.7. The first kappa shape index (κ1) is 25.1. The first-order valence-corrected chi connectivity index (χ1v) is 12.9. The molecule has 0 spiro atoms. The summed E-state index contributed by atoms with van der Waals surface area (Å²) < 4.78 is 10.3. The molecule has 0 bridgehead atoms. The van der Waals surface area contributed by atoms with Crippen molar-refractivity contribution in [2.75, 3.05) is 6.61 Å². The van der Waals surface area contributed by atoms with Gasteiger partial charge in [0.05, 0.1) is 6.61 Å². The quantitative estimate of drug-likeness (QED) is 0.184. The van der Waals surface area contributed by atoms with Crippen LogP contribution in [-0.2, 0) is 4.74 Å². The molecule has 0 aromatic heterocycles. The molecule has 33 heavy (non-hydrogen) atoms. The molecule has 0 N–H and O–H groups in total. The average molecular weight is 449 g/mol. The van der Waals surface area contributed by atoms with Crippen LogP contribution in [0, 0.1) is 5.92 Å². The Morgan fingerprint density at radius 3 is 2.09 bits per heavy atom. The fraction of sp³-hybridized carbons (Fsp3) is 0.500. The van der Waals surface area contributed by atoms with Crippen molar-refractivity contribution >= 4 is 11.7 Å². The molecule has 0 saturated carbocycles. The molecule has 1 aliphatic rings. The minimum absolute atomic E-state index is 0.399. The van der Waals surface area contributed by atoms with Crippen molar-refractivity contribution in [3.8, 4) is 16.9 Å². The van der Waals surface area contributed by atoms with E-state index in [1.165, 1.54) is 68.9 Å². The molecular weight excluding hydrogens is 408 g/mol. The Morgan fingerprint density at radius 2 is 1.45 bits per heavy atom. The van der Waals surface area contributed by atoms with Gasteiger partial charge in [0.25, 0.3) is 0 Å². The molecule has 3 heteroatoms. The zero-order valence-electron chi connectivity index (χ0n) is 20.5. The zero-order chi connectivity index (χ0) is 23.3. The lowest BCUT2D eigenvalue weighted by Crippen LogP contribution is -2.11. The Hall–Kier alpha value is -2.55. The fourth-order valence-corrected chi connectivity index (χ4v) is 4.47. The number of carbonyl (C=O) groups excluding carboxylic acids is 1. The van der Waals surface area contributed by atoms with Crippen LogP contribution >= 0.6 is 0 Å². The van der Waals surface area contributed by atoms with E-state index in [0.717, 1.165) is 29.9 Å². The first-order valence-electron chi connectivity index (χ1n) is 12.9. The average Bonchev–Trinajstić information content (AvgIpc) is 2.85. The summed E-state index contributed by atoms with van der Waals surface area (Å²) in [5, 5.41) is 0. The SMILES string of the molecule is CCCCCCCC1CC=C(c2ccc(-c3ccc(OC(=O)OCCCC)cc3)cc2)CC1. The lowest BCUT2D eigenvalue weighted by molar-refractivity contribution is 0.0978. The van der Waals surface area contributed by atoms with Crippen molar-refractivity contribution in [1.82, 2.24) is 0 Å². The highest BCUT2D eigenvalue weighted by atomic mass is 16.7. The van der Waals surface area contributed by atoms with E-state index >= 15 is 0 Å². The van der Waals surface area contributed by atoms with E-state index in [4.69, 9.17) is 9.47 Å². The minimum Gasteiger partial charge on any atom is -0.434 e. The molecule has 0 aliphatic heterocycles. The van der Waals surface area contributed by atoms with E-state index in [0.29, 0.717) is 12.4 Å². The van der Waals surface area contributed by atoms with E-state index in [1.807, 2.05) is 24.3 Å². The Morgan fingerprint density at radius 1 is 0.818 bits per heavy atom. The number of hydrogen-bond acceptors (Lipinski definition) is 3. The molecule has 2 aromatic rings. The predicted octanol–water partition coefficient (Wildman–Crippen LogP) is 9.21. The summed E-state index contributed by atoms with van der Waals surface area (Å²) in [7, 11) is 0. The molecule has 1 unspecified atom stereocenters. The molecule has 1 aliphatic carbocycles. The second-order valence-electron chi connectivity index (χ2n) is 9.23. The maximum atomic E-state index is 11.7. The zero-order valence-corrected chi connectivity index (χ0v) is 20.5. The third-order valence-electron chi connectivity index (χ3n) is 6.60. The van der Waals surface area contributed by atoms with Gasteiger partial charge < -0.3 is 9.47 Å². The van der Waals surface area contributed by atoms with Crippen LogP contribution in [0.4, 0.5) is 4.79 Å². The summed E-state index contributed by atoms with van der Waals surface area (Å²) in [6.45, 7) is 4.73. The van der Waals surface area contributed by atoms with Crippen LogP contribution in [-0.4, -0.2) is 12.8 Å². The molecule has 0 amide bonds. The first-order chi connectivity index (χ1) is 16.2. The predicted molar refractivity (Wildman–Crippen MR) is 137 cm³/mol. The number of hydrogen-bond donors (Lipinski definition) is 0. The van der Waals surface area contributed by atoms with Gasteiger partial charge in [-0.3, -0.25) is 0 Å². The molecule has 0 heterocycles. The van der Waals surface area contributed by atoms with E-state index in [-0.39, 0.29) is 0 Å². The molecule has 1 atom stereocenters. The number of benzene rings is 2. The molecule has 0 saturated heterocycles. The molecule has 3 rings (SSSR count). The van der Waals surface area contributed by atoms with Crippen LogP contribution in [0.3, 0.4) is 0 Å². The van der Waals surface area contributed by atoms with Crippen molar-refractivity contribution in [2.45, 2.75) is 84.5 Å². The van der Waals surface area contributed by atoms with Crippen molar-refractivity contribution < 1.29 is 14.3 Å². The van der Waals surface area contributed by atoms with Gasteiger partial charge in [-0.05, 0) is 66.0 Å². The summed E-state index contributed by atoms with van der Waals surface area (Å²) in [6.07, 6.45) is 15.7. The highest BCUT2D eigenvalue weighted by Crippen LogP contribution is 2.34. The van der Waals surface area contributed by atoms with Gasteiger partial charge in [-0.1, -0.05) is 101 Å². The van der Waals surface area contributed by atoms with E-state index < -0.39 is 6.16 Å². The number of allylic oxidation sites excluding steroid dienone is 2. The Labute approximate surface area is 200 Å². The normalized spacial score (nSPS) is 15.7. The Balaban J connectivity index is 1.48. The summed E-state index contributed by atoms with van der Waals surface area (Å²) >= 11 is 0. The lowest BCUT2D eigenvalue weighted by Gasteiger charge is -2.22. The van der Waals surface area contributed by atoms with Crippen LogP contribution in [0.25, 0.3) is 16.7 Å². The molecule has 0 fully saturated rings. The van der Waals surface area contributed by atoms with Crippen LogP contribution in [0.2, 0.25) is 0 Å². The Kier molecular flexibility index (Phi) is 10.5. The molecule has 3 nitrogen and oxygen atoms in total. The molecule has 178 valence electrons. The second-order valence-corrected chi connectivity index (χ2v) is 9.23. The third kappa shape index (κ3) is 8.38. The van der Waals surface area contributed by atoms with Gasteiger partial charge in [0, 0.05) is 0 Å². The number of ether oxygens (including phenoxy) is 2. The fourth-order valence-electron chi connectivity index (χ4n) is 4.47. The Bertz CT molecular complexity index is 864. The van der Waals surface area contributed by atoms with Gasteiger partial charge in [-0.15, -0.1) is 0 Å². The van der Waals surface area contributed by atoms with E-state index in [9.17, 15) is 4.79 Å². The molecular formula is C30H40O3. The standard InChI is InChI=1S/C30H40O3/c1-3-5-7-8-9-10-24-11-13-25(14-12-24)26-15-17-27(18-16-26)28-19-21-29(22-20-28)33-30(31)32-23-6-4-2/h13,15-22,24H,3-12,14,23H2,1-2H3. The van der Waals surface area contributed by atoms with Crippen LogP contribution in [0.1, 0.15) is 90.0 Å². The number of rotatable bonds is 12. The van der Waals surface area contributed by atoms with E-state index in [1.54, 1.807) is 0 Å². The second kappa shape index (κ2) is 13.9. The highest BCUT2D eigenvalue weighted by Gasteiger charge is 2.15. The van der Waals surface area contributed by atoms with Crippen molar-refractivity contribution in [3.63, 3.8) is 0 Å². The lowest BCUT2D eigenvalue weighted by atomic mass is 9.83. The smallest absolute Gasteiger partial charge is 0.434 e. The van der Waals surface area contributed by atoms with Crippen LogP contribution < -0.4 is 4.74 Å². The summed E-state index contributed by atoms with van der Waals surface area (Å²) in [6, 6.07) is 16.4. The summed E-state index contributed by atoms with van der Waals surface area (Å²) in [4.78, 5) is 11.7. The van der Waals surface area contributed by atoms with E-state index in [2.05, 4.69) is 44.2 Å². The van der Waals surface area contributed by atoms with Gasteiger partial charge in [-0.25, -0.2) is 4.79 Å². The summed E-state index contributed by atoms with van der Waals surface area (Å²) in [5.74, 6) is 1.38. The van der Waals surface area contributed by atoms with Gasteiger partial charge in [0.2, 0.25) is 0 Å². The van der Waals surface area contributed by atoms with Gasteiger partial charge in [0.1, 0.15) is 5.75 Å². The van der Waals surface area contributed by atoms with Crippen molar-refractivity contribution in [3.05, 3.63) is 60.2 Å². The third-order valence-corrected chi connectivity index (χ3v) is 6.60. The number of carbonyl (C=O) groups is 1.